The molecule has 0 heterocycles. The normalized spacial score (nSPS) is 5.00. The molecule has 0 fully saturated rings. The fourth-order valence-corrected chi connectivity index (χ4v) is 0. The standard InChI is InChI=1S/C3H7B.C2H6.K.H/c1-2-3-4;1-2;;/h2-3H2,1H3;1-2H3;;/q;;+1;-1. The molecule has 0 saturated carbocycles. The Balaban J connectivity index is -0.0000000183. The van der Waals surface area contributed by atoms with Gasteiger partial charge in [-0.25, -0.2) is 0 Å². The molecule has 0 bridgehead atoms. The van der Waals surface area contributed by atoms with Crippen LogP contribution in [0, 0.1) is 0 Å². The molecule has 0 rings (SSSR count). The average molecular weight is 124 g/mol. The van der Waals surface area contributed by atoms with Crippen LogP contribution in [-0.4, -0.2) is 7.85 Å². The molecule has 0 aliphatic carbocycles. The molecule has 0 aliphatic heterocycles. The molecule has 0 atom stereocenters. The van der Waals surface area contributed by atoms with Crippen molar-refractivity contribution in [3.8, 4) is 0 Å². The van der Waals surface area contributed by atoms with E-state index in [1.54, 1.807) is 0 Å². The molecule has 0 spiro atoms. The molecule has 0 unspecified atom stereocenters. The molecule has 0 N–H and O–H groups in total. The monoisotopic (exact) mass is 124 g/mol. The maximum absolute atomic E-state index is 5.03. The summed E-state index contributed by atoms with van der Waals surface area (Å²) >= 11 is 0. The van der Waals surface area contributed by atoms with Crippen molar-refractivity contribution >= 4 is 7.85 Å². The SMILES string of the molecule is CC.[B]CCC.[H-].[K+]. The van der Waals surface area contributed by atoms with Crippen LogP contribution in [0.1, 0.15) is 28.6 Å². The van der Waals surface area contributed by atoms with E-state index in [1.807, 2.05) is 13.8 Å². The first-order chi connectivity index (χ1) is 2.91. The summed E-state index contributed by atoms with van der Waals surface area (Å²) in [4.78, 5) is 0. The average Bonchev–Trinajstić information content (AvgIpc) is 1.72. The van der Waals surface area contributed by atoms with E-state index in [4.69, 9.17) is 7.85 Å². The number of rotatable bonds is 1. The van der Waals surface area contributed by atoms with Crippen LogP contribution >= 0.6 is 0 Å². The second-order valence-corrected chi connectivity index (χ2v) is 0.789. The molecule has 2 heteroatoms. The van der Waals surface area contributed by atoms with Crippen LogP contribution in [0.2, 0.25) is 6.32 Å². The van der Waals surface area contributed by atoms with Crippen LogP contribution in [0.5, 0.6) is 0 Å². The minimum Gasteiger partial charge on any atom is -1.00 e. The van der Waals surface area contributed by atoms with Gasteiger partial charge in [0.1, 0.15) is 0 Å². The molecular formula is C5H14BK. The zero-order valence-corrected chi connectivity index (χ0v) is 9.11. The van der Waals surface area contributed by atoms with E-state index in [0.29, 0.717) is 0 Å². The summed E-state index contributed by atoms with van der Waals surface area (Å²) in [7, 11) is 5.03. The van der Waals surface area contributed by atoms with E-state index < -0.39 is 0 Å². The van der Waals surface area contributed by atoms with Crippen molar-refractivity contribution in [2.24, 2.45) is 0 Å². The topological polar surface area (TPSA) is 0 Å². The van der Waals surface area contributed by atoms with Crippen molar-refractivity contribution in [1.29, 1.82) is 0 Å². The van der Waals surface area contributed by atoms with Gasteiger partial charge in [-0.2, -0.15) is 0 Å². The molecule has 0 aromatic carbocycles. The first kappa shape index (κ1) is 15.9. The van der Waals surface area contributed by atoms with Gasteiger partial charge in [0, 0.05) is 0 Å². The van der Waals surface area contributed by atoms with E-state index in [9.17, 15) is 0 Å². The van der Waals surface area contributed by atoms with Crippen LogP contribution in [0.3, 0.4) is 0 Å². The molecule has 0 nitrogen and oxygen atoms in total. The minimum absolute atomic E-state index is 0. The van der Waals surface area contributed by atoms with E-state index in [2.05, 4.69) is 6.92 Å². The van der Waals surface area contributed by atoms with Crippen molar-refractivity contribution in [2.75, 3.05) is 0 Å². The summed E-state index contributed by atoms with van der Waals surface area (Å²) in [5.41, 5.74) is 0. The Morgan fingerprint density at radius 1 is 1.43 bits per heavy atom. The summed E-state index contributed by atoms with van der Waals surface area (Å²) < 4.78 is 0. The maximum Gasteiger partial charge on any atom is 1.00 e. The van der Waals surface area contributed by atoms with Crippen molar-refractivity contribution < 1.29 is 52.8 Å². The van der Waals surface area contributed by atoms with E-state index in [-0.39, 0.29) is 52.8 Å². The smallest absolute Gasteiger partial charge is 1.00 e. The third-order valence-corrected chi connectivity index (χ3v) is 0.289. The molecule has 0 aromatic rings. The third-order valence-electron chi connectivity index (χ3n) is 0.289. The van der Waals surface area contributed by atoms with Gasteiger partial charge in [0.25, 0.3) is 0 Å². The molecule has 0 amide bonds. The molecular weight excluding hydrogens is 110 g/mol. The fraction of sp³-hybridized carbons (Fsp3) is 1.00. The molecule has 0 saturated heterocycles. The summed E-state index contributed by atoms with van der Waals surface area (Å²) in [5.74, 6) is 0. The Morgan fingerprint density at radius 2 is 1.57 bits per heavy atom. The zero-order chi connectivity index (χ0) is 5.41. The minimum atomic E-state index is 0. The Labute approximate surface area is 92.8 Å². The van der Waals surface area contributed by atoms with Crippen LogP contribution in [-0.2, 0) is 0 Å². The van der Waals surface area contributed by atoms with Gasteiger partial charge in [-0.05, 0) is 0 Å². The summed E-state index contributed by atoms with van der Waals surface area (Å²) in [6.45, 7) is 6.06. The van der Waals surface area contributed by atoms with Gasteiger partial charge in [-0.1, -0.05) is 33.5 Å². The Bertz CT molecular complexity index is 14.4. The Hall–Kier alpha value is 1.70. The Kier molecular flexibility index (Phi) is 57.3. The molecule has 0 aromatic heterocycles. The quantitative estimate of drug-likeness (QED) is 0.398. The van der Waals surface area contributed by atoms with Crippen LogP contribution in [0.15, 0.2) is 0 Å². The van der Waals surface area contributed by atoms with E-state index in [1.165, 1.54) is 0 Å². The van der Waals surface area contributed by atoms with Crippen molar-refractivity contribution in [2.45, 2.75) is 33.5 Å². The summed E-state index contributed by atoms with van der Waals surface area (Å²) in [6, 6.07) is 0. The zero-order valence-electron chi connectivity index (χ0n) is 6.99. The largest absolute Gasteiger partial charge is 1.00 e. The van der Waals surface area contributed by atoms with Gasteiger partial charge in [0.05, 0.1) is 7.85 Å². The number of hydrogen-bond acceptors (Lipinski definition) is 0. The van der Waals surface area contributed by atoms with E-state index in [0.717, 1.165) is 12.7 Å². The van der Waals surface area contributed by atoms with Crippen molar-refractivity contribution in [3.63, 3.8) is 0 Å². The van der Waals surface area contributed by atoms with Gasteiger partial charge in [0.15, 0.2) is 0 Å². The maximum atomic E-state index is 5.03. The Morgan fingerprint density at radius 3 is 1.57 bits per heavy atom. The summed E-state index contributed by atoms with van der Waals surface area (Å²) in [6.07, 6.45) is 1.92. The fourth-order valence-electron chi connectivity index (χ4n) is 0. The number of hydrogen-bond donors (Lipinski definition) is 0. The third kappa shape index (κ3) is 34.3. The summed E-state index contributed by atoms with van der Waals surface area (Å²) in [5, 5.41) is 0. The molecule has 7 heavy (non-hydrogen) atoms. The van der Waals surface area contributed by atoms with Gasteiger partial charge >= 0.3 is 51.4 Å². The predicted molar refractivity (Wildman–Crippen MR) is 33.3 cm³/mol. The van der Waals surface area contributed by atoms with Gasteiger partial charge in [-0.3, -0.25) is 0 Å². The van der Waals surface area contributed by atoms with Crippen molar-refractivity contribution in [3.05, 3.63) is 0 Å². The van der Waals surface area contributed by atoms with Gasteiger partial charge < -0.3 is 1.43 Å². The van der Waals surface area contributed by atoms with E-state index >= 15 is 0 Å². The van der Waals surface area contributed by atoms with Crippen LogP contribution in [0.4, 0.5) is 0 Å². The van der Waals surface area contributed by atoms with Gasteiger partial charge in [-0.15, -0.1) is 0 Å². The molecule has 0 aliphatic rings. The van der Waals surface area contributed by atoms with Gasteiger partial charge in [0.2, 0.25) is 0 Å². The predicted octanol–water partition coefficient (Wildman–Crippen LogP) is -0.874. The first-order valence-electron chi connectivity index (χ1n) is 2.62. The van der Waals surface area contributed by atoms with Crippen molar-refractivity contribution in [1.82, 2.24) is 0 Å². The van der Waals surface area contributed by atoms with Crippen LogP contribution in [0.25, 0.3) is 0 Å². The molecule has 38 valence electrons. The molecule has 2 radical (unpaired) electrons. The second kappa shape index (κ2) is 25.2. The second-order valence-electron chi connectivity index (χ2n) is 0.789. The van der Waals surface area contributed by atoms with Crippen LogP contribution < -0.4 is 51.4 Å². The first-order valence-corrected chi connectivity index (χ1v) is 2.62.